The average Bonchev–Trinajstić information content (AvgIpc) is 2.47. The van der Waals surface area contributed by atoms with Crippen LogP contribution in [-0.2, 0) is 9.59 Å². The van der Waals surface area contributed by atoms with Gasteiger partial charge in [0.05, 0.1) is 5.88 Å². The molecule has 86 valence electrons. The molecule has 1 atom stereocenters. The Bertz CT molecular complexity index is 275. The first kappa shape index (κ1) is 12.3. The molecule has 0 aromatic carbocycles. The summed E-state index contributed by atoms with van der Waals surface area (Å²) in [6.07, 6.45) is 0.178. The molecule has 6 heteroatoms. The van der Waals surface area contributed by atoms with Crippen LogP contribution < -0.4 is 5.73 Å². The first-order valence-corrected chi connectivity index (χ1v) is 5.85. The van der Waals surface area contributed by atoms with Crippen LogP contribution in [0.1, 0.15) is 20.3 Å². The Balaban J connectivity index is 2.63. The minimum absolute atomic E-state index is 0.178. The van der Waals surface area contributed by atoms with Crippen molar-refractivity contribution in [1.82, 2.24) is 4.90 Å². The average molecular weight is 232 g/mol. The number of hydrogen-bond donors (Lipinski definition) is 2. The molecule has 1 rings (SSSR count). The molecule has 0 aliphatic carbocycles. The number of aliphatic carboxylic acids is 1. The quantitative estimate of drug-likeness (QED) is 0.721. The van der Waals surface area contributed by atoms with Crippen LogP contribution in [0.15, 0.2) is 0 Å². The van der Waals surface area contributed by atoms with Crippen molar-refractivity contribution in [3.8, 4) is 0 Å². The van der Waals surface area contributed by atoms with Gasteiger partial charge < -0.3 is 15.7 Å². The SMILES string of the molecule is CC(C)(N)CC(=O)N1CSC[C@H]1C(=O)O. The number of carboxylic acids is 1. The van der Waals surface area contributed by atoms with E-state index in [4.69, 9.17) is 10.8 Å². The second-order valence-electron chi connectivity index (χ2n) is 4.38. The van der Waals surface area contributed by atoms with Gasteiger partial charge in [-0.1, -0.05) is 0 Å². The lowest BCUT2D eigenvalue weighted by Crippen LogP contribution is -2.46. The number of carbonyl (C=O) groups excluding carboxylic acids is 1. The molecule has 1 saturated heterocycles. The first-order valence-electron chi connectivity index (χ1n) is 4.70. The lowest BCUT2D eigenvalue weighted by atomic mass is 10.0. The van der Waals surface area contributed by atoms with E-state index >= 15 is 0 Å². The number of carboxylic acid groups (broad SMARTS) is 1. The van der Waals surface area contributed by atoms with Gasteiger partial charge in [-0.2, -0.15) is 0 Å². The Morgan fingerprint density at radius 3 is 2.67 bits per heavy atom. The van der Waals surface area contributed by atoms with E-state index in [1.807, 2.05) is 0 Å². The van der Waals surface area contributed by atoms with Crippen LogP contribution in [0.2, 0.25) is 0 Å². The topological polar surface area (TPSA) is 83.6 Å². The molecule has 0 unspecified atom stereocenters. The van der Waals surface area contributed by atoms with Crippen LogP contribution in [0.25, 0.3) is 0 Å². The number of thioether (sulfide) groups is 1. The third-order valence-corrected chi connectivity index (χ3v) is 3.11. The fraction of sp³-hybridized carbons (Fsp3) is 0.778. The fourth-order valence-corrected chi connectivity index (χ4v) is 2.56. The van der Waals surface area contributed by atoms with E-state index in [2.05, 4.69) is 0 Å². The molecule has 0 spiro atoms. The number of rotatable bonds is 3. The number of carbonyl (C=O) groups is 2. The predicted octanol–water partition coefficient (Wildman–Crippen LogP) is 0.0999. The molecule has 1 amide bonds. The van der Waals surface area contributed by atoms with Crippen LogP contribution in [0.5, 0.6) is 0 Å². The molecule has 3 N–H and O–H groups in total. The standard InChI is InChI=1S/C9H16N2O3S/c1-9(2,10)3-7(12)11-5-15-4-6(11)8(13)14/h6H,3-5,10H2,1-2H3,(H,13,14)/t6-/m0/s1. The van der Waals surface area contributed by atoms with E-state index in [0.29, 0.717) is 11.6 Å². The predicted molar refractivity (Wildman–Crippen MR) is 58.5 cm³/mol. The van der Waals surface area contributed by atoms with Crippen molar-refractivity contribution in [2.24, 2.45) is 5.73 Å². The van der Waals surface area contributed by atoms with Crippen molar-refractivity contribution in [3.05, 3.63) is 0 Å². The summed E-state index contributed by atoms with van der Waals surface area (Å²) < 4.78 is 0. The molecule has 0 aromatic rings. The van der Waals surface area contributed by atoms with Crippen molar-refractivity contribution in [3.63, 3.8) is 0 Å². The highest BCUT2D eigenvalue weighted by Gasteiger charge is 2.35. The Morgan fingerprint density at radius 1 is 1.60 bits per heavy atom. The summed E-state index contributed by atoms with van der Waals surface area (Å²) in [7, 11) is 0. The van der Waals surface area contributed by atoms with Gasteiger partial charge in [-0.3, -0.25) is 4.79 Å². The molecule has 0 bridgehead atoms. The van der Waals surface area contributed by atoms with Gasteiger partial charge in [0.15, 0.2) is 0 Å². The van der Waals surface area contributed by atoms with Crippen molar-refractivity contribution in [2.45, 2.75) is 31.8 Å². The summed E-state index contributed by atoms with van der Waals surface area (Å²) in [6, 6.07) is -0.690. The summed E-state index contributed by atoms with van der Waals surface area (Å²) >= 11 is 1.46. The zero-order chi connectivity index (χ0) is 11.6. The zero-order valence-electron chi connectivity index (χ0n) is 8.90. The zero-order valence-corrected chi connectivity index (χ0v) is 9.71. The van der Waals surface area contributed by atoms with Crippen molar-refractivity contribution in [1.29, 1.82) is 0 Å². The van der Waals surface area contributed by atoms with Crippen LogP contribution in [0.4, 0.5) is 0 Å². The smallest absolute Gasteiger partial charge is 0.327 e. The number of hydrogen-bond acceptors (Lipinski definition) is 4. The maximum atomic E-state index is 11.7. The van der Waals surface area contributed by atoms with Crippen molar-refractivity contribution in [2.75, 3.05) is 11.6 Å². The van der Waals surface area contributed by atoms with Gasteiger partial charge in [0.2, 0.25) is 5.91 Å². The fourth-order valence-electron chi connectivity index (χ4n) is 1.38. The third-order valence-electron chi connectivity index (χ3n) is 2.09. The number of nitrogens with two attached hydrogens (primary N) is 1. The highest BCUT2D eigenvalue weighted by molar-refractivity contribution is 7.99. The van der Waals surface area contributed by atoms with E-state index in [-0.39, 0.29) is 12.3 Å². The molecule has 1 aliphatic heterocycles. The molecule has 15 heavy (non-hydrogen) atoms. The molecule has 1 fully saturated rings. The minimum atomic E-state index is -0.942. The van der Waals surface area contributed by atoms with Crippen LogP contribution in [0.3, 0.4) is 0 Å². The van der Waals surface area contributed by atoms with Crippen molar-refractivity contribution < 1.29 is 14.7 Å². The normalized spacial score (nSPS) is 21.8. The molecular formula is C9H16N2O3S. The van der Waals surface area contributed by atoms with Gasteiger partial charge in [0.1, 0.15) is 6.04 Å². The molecule has 0 saturated carbocycles. The van der Waals surface area contributed by atoms with Gasteiger partial charge in [0, 0.05) is 17.7 Å². The van der Waals surface area contributed by atoms with Gasteiger partial charge in [-0.25, -0.2) is 4.79 Å². The highest BCUT2D eigenvalue weighted by atomic mass is 32.2. The lowest BCUT2D eigenvalue weighted by Gasteiger charge is -2.25. The monoisotopic (exact) mass is 232 g/mol. The second kappa shape index (κ2) is 4.40. The van der Waals surface area contributed by atoms with Crippen LogP contribution in [-0.4, -0.2) is 45.1 Å². The van der Waals surface area contributed by atoms with E-state index in [9.17, 15) is 9.59 Å². The van der Waals surface area contributed by atoms with Crippen LogP contribution in [0, 0.1) is 0 Å². The van der Waals surface area contributed by atoms with Gasteiger partial charge in [0.25, 0.3) is 0 Å². The summed E-state index contributed by atoms with van der Waals surface area (Å²) in [4.78, 5) is 24.0. The largest absolute Gasteiger partial charge is 0.480 e. The Kier molecular flexibility index (Phi) is 3.62. The molecule has 1 heterocycles. The van der Waals surface area contributed by atoms with Gasteiger partial charge >= 0.3 is 5.97 Å². The Morgan fingerprint density at radius 2 is 2.20 bits per heavy atom. The van der Waals surface area contributed by atoms with E-state index in [1.54, 1.807) is 13.8 Å². The van der Waals surface area contributed by atoms with E-state index in [0.717, 1.165) is 0 Å². The summed E-state index contributed by atoms with van der Waals surface area (Å²) in [5.74, 6) is -0.208. The van der Waals surface area contributed by atoms with Gasteiger partial charge in [-0.15, -0.1) is 11.8 Å². The molecule has 1 aliphatic rings. The third kappa shape index (κ3) is 3.39. The van der Waals surface area contributed by atoms with E-state index < -0.39 is 17.6 Å². The summed E-state index contributed by atoms with van der Waals surface area (Å²) in [5.41, 5.74) is 5.13. The van der Waals surface area contributed by atoms with Gasteiger partial charge in [-0.05, 0) is 13.8 Å². The highest BCUT2D eigenvalue weighted by Crippen LogP contribution is 2.23. The first-order chi connectivity index (χ1) is 6.81. The summed E-state index contributed by atoms with van der Waals surface area (Å²) in [5, 5.41) is 8.89. The molecule has 5 nitrogen and oxygen atoms in total. The van der Waals surface area contributed by atoms with E-state index in [1.165, 1.54) is 16.7 Å². The molecule has 0 aromatic heterocycles. The maximum Gasteiger partial charge on any atom is 0.327 e. The Labute approximate surface area is 93.0 Å². The second-order valence-corrected chi connectivity index (χ2v) is 5.38. The lowest BCUT2D eigenvalue weighted by molar-refractivity contribution is -0.148. The minimum Gasteiger partial charge on any atom is -0.480 e. The van der Waals surface area contributed by atoms with Crippen LogP contribution >= 0.6 is 11.8 Å². The molecule has 0 radical (unpaired) electrons. The number of amides is 1. The Hall–Kier alpha value is -0.750. The summed E-state index contributed by atoms with van der Waals surface area (Å²) in [6.45, 7) is 3.51. The molecular weight excluding hydrogens is 216 g/mol. The number of nitrogens with zero attached hydrogens (tertiary/aromatic N) is 1. The van der Waals surface area contributed by atoms with Crippen molar-refractivity contribution >= 4 is 23.6 Å². The maximum absolute atomic E-state index is 11.7.